The molecule has 3 aromatic rings. The summed E-state index contributed by atoms with van der Waals surface area (Å²) in [6.45, 7) is 2.97. The number of ether oxygens (including phenoxy) is 1. The first kappa shape index (κ1) is 26.3. The fraction of sp³-hybridized carbons (Fsp3) is 0.231. The van der Waals surface area contributed by atoms with E-state index in [1.54, 1.807) is 36.4 Å². The number of hydrogen-bond donors (Lipinski definition) is 3. The summed E-state index contributed by atoms with van der Waals surface area (Å²) in [7, 11) is -3.64. The number of carbonyl (C=O) groups excluding carboxylic acids is 1. The van der Waals surface area contributed by atoms with Gasteiger partial charge in [-0.3, -0.25) is 10.1 Å². The number of sulfonamides is 1. The molecule has 184 valence electrons. The number of carbonyl (C=O) groups is 1. The normalized spacial score (nSPS) is 11.0. The highest BCUT2D eigenvalue weighted by Crippen LogP contribution is 2.16. The van der Waals surface area contributed by atoms with Crippen LogP contribution in [0.4, 0.5) is 5.69 Å². The fourth-order valence-corrected chi connectivity index (χ4v) is 4.42. The molecule has 3 rings (SSSR count). The molecular formula is C26H29N3O4S2. The van der Waals surface area contributed by atoms with Crippen LogP contribution in [0.1, 0.15) is 35.7 Å². The van der Waals surface area contributed by atoms with E-state index in [0.29, 0.717) is 36.6 Å². The molecule has 0 heterocycles. The van der Waals surface area contributed by atoms with E-state index in [0.717, 1.165) is 18.4 Å². The lowest BCUT2D eigenvalue weighted by atomic mass is 10.2. The van der Waals surface area contributed by atoms with Crippen molar-refractivity contribution < 1.29 is 17.9 Å². The zero-order valence-electron chi connectivity index (χ0n) is 19.5. The fourth-order valence-electron chi connectivity index (χ4n) is 3.17. The minimum Gasteiger partial charge on any atom is -0.494 e. The monoisotopic (exact) mass is 511 g/mol. The molecular weight excluding hydrogens is 482 g/mol. The van der Waals surface area contributed by atoms with Crippen LogP contribution in [0.15, 0.2) is 83.8 Å². The Labute approximate surface area is 212 Å². The molecule has 0 aliphatic carbocycles. The number of nitrogens with one attached hydrogen (secondary N) is 3. The Kier molecular flexibility index (Phi) is 9.77. The highest BCUT2D eigenvalue weighted by Gasteiger charge is 2.14. The number of amides is 1. The van der Waals surface area contributed by atoms with Crippen LogP contribution in [-0.2, 0) is 16.4 Å². The molecule has 0 spiro atoms. The summed E-state index contributed by atoms with van der Waals surface area (Å²) in [5.74, 6) is 0.254. The number of benzene rings is 3. The maximum absolute atomic E-state index is 12.5. The second-order valence-electron chi connectivity index (χ2n) is 7.80. The van der Waals surface area contributed by atoms with Crippen molar-refractivity contribution in [3.63, 3.8) is 0 Å². The molecule has 0 fully saturated rings. The molecule has 0 aliphatic rings. The third-order valence-corrected chi connectivity index (χ3v) is 6.74. The smallest absolute Gasteiger partial charge is 0.257 e. The van der Waals surface area contributed by atoms with E-state index in [1.807, 2.05) is 30.3 Å². The van der Waals surface area contributed by atoms with Crippen LogP contribution in [-0.4, -0.2) is 32.6 Å². The lowest BCUT2D eigenvalue weighted by molar-refractivity contribution is 0.0977. The standard InChI is InChI=1S/C26H29N3O4S2/c1-2-3-18-33-23-11-7-10-21(19-23)25(30)29-26(34)28-22-12-14-24(15-13-22)35(31,32)27-17-16-20-8-5-4-6-9-20/h4-15,19,27H,2-3,16-18H2,1H3,(H2,28,29,30,34). The molecule has 3 aromatic carbocycles. The minimum atomic E-state index is -3.64. The van der Waals surface area contributed by atoms with Crippen molar-refractivity contribution in [2.24, 2.45) is 0 Å². The minimum absolute atomic E-state index is 0.101. The predicted octanol–water partition coefficient (Wildman–Crippen LogP) is 4.51. The molecule has 0 unspecified atom stereocenters. The molecule has 0 atom stereocenters. The number of thiocarbonyl (C=S) groups is 1. The van der Waals surface area contributed by atoms with Gasteiger partial charge in [0, 0.05) is 17.8 Å². The first-order valence-electron chi connectivity index (χ1n) is 11.4. The summed E-state index contributed by atoms with van der Waals surface area (Å²) in [4.78, 5) is 12.7. The summed E-state index contributed by atoms with van der Waals surface area (Å²) < 4.78 is 33.3. The van der Waals surface area contributed by atoms with Gasteiger partial charge >= 0.3 is 0 Å². The quantitative estimate of drug-likeness (QED) is 0.259. The SMILES string of the molecule is CCCCOc1cccc(C(=O)NC(=S)Nc2ccc(S(=O)(=O)NCCc3ccccc3)cc2)c1. The van der Waals surface area contributed by atoms with Crippen molar-refractivity contribution >= 4 is 38.9 Å². The lowest BCUT2D eigenvalue weighted by Crippen LogP contribution is -2.34. The number of rotatable bonds is 11. The third-order valence-electron chi connectivity index (χ3n) is 5.06. The zero-order valence-corrected chi connectivity index (χ0v) is 21.1. The van der Waals surface area contributed by atoms with Gasteiger partial charge in [-0.2, -0.15) is 0 Å². The van der Waals surface area contributed by atoms with Crippen LogP contribution in [0.25, 0.3) is 0 Å². The Bertz CT molecular complexity index is 1230. The van der Waals surface area contributed by atoms with Crippen molar-refractivity contribution in [3.05, 3.63) is 90.0 Å². The number of unbranched alkanes of at least 4 members (excludes halogenated alkanes) is 1. The molecule has 0 radical (unpaired) electrons. The number of anilines is 1. The molecule has 0 saturated heterocycles. The average molecular weight is 512 g/mol. The van der Waals surface area contributed by atoms with Gasteiger partial charge in [0.15, 0.2) is 5.11 Å². The van der Waals surface area contributed by atoms with Crippen LogP contribution in [0.3, 0.4) is 0 Å². The Morgan fingerprint density at radius 1 is 0.971 bits per heavy atom. The first-order chi connectivity index (χ1) is 16.9. The van der Waals surface area contributed by atoms with Gasteiger partial charge in [0.05, 0.1) is 11.5 Å². The van der Waals surface area contributed by atoms with Gasteiger partial charge < -0.3 is 10.1 Å². The molecule has 0 bridgehead atoms. The molecule has 0 saturated carbocycles. The molecule has 9 heteroatoms. The van der Waals surface area contributed by atoms with Crippen LogP contribution in [0.5, 0.6) is 5.75 Å². The molecule has 0 aromatic heterocycles. The molecule has 3 N–H and O–H groups in total. The van der Waals surface area contributed by atoms with E-state index in [1.165, 1.54) is 12.1 Å². The largest absolute Gasteiger partial charge is 0.494 e. The Hall–Kier alpha value is -3.27. The van der Waals surface area contributed by atoms with Gasteiger partial charge in [-0.05, 0) is 73.1 Å². The van der Waals surface area contributed by atoms with Crippen LogP contribution in [0, 0.1) is 0 Å². The van der Waals surface area contributed by atoms with Crippen molar-refractivity contribution in [3.8, 4) is 5.75 Å². The average Bonchev–Trinajstić information content (AvgIpc) is 2.85. The van der Waals surface area contributed by atoms with Crippen molar-refractivity contribution in [1.82, 2.24) is 10.0 Å². The molecule has 35 heavy (non-hydrogen) atoms. The zero-order chi connectivity index (χ0) is 25.1. The van der Waals surface area contributed by atoms with Gasteiger partial charge in [-0.1, -0.05) is 49.7 Å². The summed E-state index contributed by atoms with van der Waals surface area (Å²) in [6.07, 6.45) is 2.56. The summed E-state index contributed by atoms with van der Waals surface area (Å²) >= 11 is 5.24. The summed E-state index contributed by atoms with van der Waals surface area (Å²) in [5, 5.41) is 5.62. The van der Waals surface area contributed by atoms with Crippen molar-refractivity contribution in [2.75, 3.05) is 18.5 Å². The number of hydrogen-bond acceptors (Lipinski definition) is 5. The maximum Gasteiger partial charge on any atom is 0.257 e. The van der Waals surface area contributed by atoms with Crippen LogP contribution >= 0.6 is 12.2 Å². The van der Waals surface area contributed by atoms with E-state index < -0.39 is 10.0 Å². The summed E-state index contributed by atoms with van der Waals surface area (Å²) in [5.41, 5.74) is 2.03. The maximum atomic E-state index is 12.5. The van der Waals surface area contributed by atoms with Gasteiger partial charge in [-0.15, -0.1) is 0 Å². The van der Waals surface area contributed by atoms with Gasteiger partial charge in [-0.25, -0.2) is 13.1 Å². The highest BCUT2D eigenvalue weighted by atomic mass is 32.2. The van der Waals surface area contributed by atoms with Gasteiger partial charge in [0.1, 0.15) is 5.75 Å². The van der Waals surface area contributed by atoms with Crippen molar-refractivity contribution in [2.45, 2.75) is 31.1 Å². The summed E-state index contributed by atoms with van der Waals surface area (Å²) in [6, 6.07) is 22.7. The predicted molar refractivity (Wildman–Crippen MR) is 142 cm³/mol. The Morgan fingerprint density at radius 2 is 1.71 bits per heavy atom. The van der Waals surface area contributed by atoms with Crippen LogP contribution in [0.2, 0.25) is 0 Å². The Morgan fingerprint density at radius 3 is 2.43 bits per heavy atom. The topological polar surface area (TPSA) is 96.5 Å². The first-order valence-corrected chi connectivity index (χ1v) is 13.3. The van der Waals surface area contributed by atoms with Gasteiger partial charge in [0.25, 0.3) is 5.91 Å². The van der Waals surface area contributed by atoms with Gasteiger partial charge in [0.2, 0.25) is 10.0 Å². The second kappa shape index (κ2) is 13.0. The van der Waals surface area contributed by atoms with E-state index in [2.05, 4.69) is 22.3 Å². The third kappa shape index (κ3) is 8.47. The lowest BCUT2D eigenvalue weighted by Gasteiger charge is -2.12. The molecule has 7 nitrogen and oxygen atoms in total. The van der Waals surface area contributed by atoms with E-state index >= 15 is 0 Å². The van der Waals surface area contributed by atoms with E-state index in [4.69, 9.17) is 17.0 Å². The highest BCUT2D eigenvalue weighted by molar-refractivity contribution is 7.89. The second-order valence-corrected chi connectivity index (χ2v) is 9.97. The van der Waals surface area contributed by atoms with Crippen molar-refractivity contribution in [1.29, 1.82) is 0 Å². The van der Waals surface area contributed by atoms with Crippen LogP contribution < -0.4 is 20.1 Å². The molecule has 1 amide bonds. The van der Waals surface area contributed by atoms with E-state index in [9.17, 15) is 13.2 Å². The Balaban J connectivity index is 1.51. The van der Waals surface area contributed by atoms with E-state index in [-0.39, 0.29) is 15.9 Å². The molecule has 0 aliphatic heterocycles.